The summed E-state index contributed by atoms with van der Waals surface area (Å²) in [6.45, 7) is 1.87. The van der Waals surface area contributed by atoms with Gasteiger partial charge < -0.3 is 4.98 Å². The number of aromatic amines is 1. The lowest BCUT2D eigenvalue weighted by Gasteiger charge is -2.10. The number of aryl methyl sites for hydroxylation is 1. The summed E-state index contributed by atoms with van der Waals surface area (Å²) in [5, 5.41) is 0. The molecule has 0 saturated heterocycles. The number of allylic oxidation sites excluding steroid dienone is 1. The second-order valence-electron chi connectivity index (χ2n) is 6.09. The van der Waals surface area contributed by atoms with Crippen molar-refractivity contribution in [3.05, 3.63) is 98.8 Å². The summed E-state index contributed by atoms with van der Waals surface area (Å²) >= 11 is 1.50. The van der Waals surface area contributed by atoms with Gasteiger partial charge in [-0.15, -0.1) is 11.8 Å². The van der Waals surface area contributed by atoms with Crippen LogP contribution in [0.4, 0.5) is 0 Å². The number of H-pyrrole nitrogens is 1. The molecule has 0 aliphatic carbocycles. The summed E-state index contributed by atoms with van der Waals surface area (Å²) in [6.07, 6.45) is 5.51. The van der Waals surface area contributed by atoms with E-state index in [2.05, 4.69) is 17.1 Å². The van der Waals surface area contributed by atoms with Gasteiger partial charge in [0, 0.05) is 0 Å². The average molecular weight is 378 g/mol. The van der Waals surface area contributed by atoms with Gasteiger partial charge in [0.1, 0.15) is 0 Å². The molecule has 0 bridgehead atoms. The summed E-state index contributed by atoms with van der Waals surface area (Å²) in [6, 6.07) is 19.3. The number of rotatable bonds is 7. The van der Waals surface area contributed by atoms with Gasteiger partial charge in [-0.25, -0.2) is 9.36 Å². The molecule has 0 spiro atoms. The topological polar surface area (TPSA) is 54.9 Å². The van der Waals surface area contributed by atoms with Crippen LogP contribution in [0.3, 0.4) is 0 Å². The van der Waals surface area contributed by atoms with E-state index in [0.717, 1.165) is 18.6 Å². The zero-order valence-corrected chi connectivity index (χ0v) is 16.0. The molecule has 138 valence electrons. The highest BCUT2D eigenvalue weighted by molar-refractivity contribution is 7.99. The molecule has 0 amide bonds. The molecule has 1 N–H and O–H groups in total. The van der Waals surface area contributed by atoms with Crippen molar-refractivity contribution >= 4 is 17.8 Å². The average Bonchev–Trinajstić information content (AvgIpc) is 2.69. The predicted molar refractivity (Wildman–Crippen MR) is 113 cm³/mol. The van der Waals surface area contributed by atoms with E-state index >= 15 is 0 Å². The summed E-state index contributed by atoms with van der Waals surface area (Å²) in [5.74, 6) is 0.801. The molecule has 5 heteroatoms. The van der Waals surface area contributed by atoms with Crippen LogP contribution >= 0.6 is 11.8 Å². The number of aromatic nitrogens is 2. The molecular formula is C22H22N2O2S. The van der Waals surface area contributed by atoms with E-state index in [0.29, 0.717) is 16.3 Å². The van der Waals surface area contributed by atoms with Gasteiger partial charge in [0.25, 0.3) is 5.56 Å². The predicted octanol–water partition coefficient (Wildman–Crippen LogP) is 4.28. The van der Waals surface area contributed by atoms with Crippen molar-refractivity contribution in [3.8, 4) is 5.69 Å². The Bertz CT molecular complexity index is 1020. The Balaban J connectivity index is 1.86. The molecular weight excluding hydrogens is 356 g/mol. The Morgan fingerprint density at radius 1 is 1.00 bits per heavy atom. The lowest BCUT2D eigenvalue weighted by atomic mass is 10.1. The van der Waals surface area contributed by atoms with Crippen LogP contribution in [0.5, 0.6) is 0 Å². The molecule has 2 aromatic carbocycles. The summed E-state index contributed by atoms with van der Waals surface area (Å²) in [5.41, 5.74) is 1.73. The maximum absolute atomic E-state index is 13.0. The number of hydrogen-bond donors (Lipinski definition) is 1. The number of nitrogens with one attached hydrogen (secondary N) is 1. The monoisotopic (exact) mass is 378 g/mol. The van der Waals surface area contributed by atoms with Crippen molar-refractivity contribution in [2.75, 3.05) is 5.75 Å². The SMILES string of the molecule is C/C=C/c1[nH]c(=O)n(-c2ccccc2)c(=O)c1SCCCc1ccccc1. The number of para-hydroxylation sites is 1. The molecule has 0 aliphatic rings. The van der Waals surface area contributed by atoms with Crippen molar-refractivity contribution in [2.45, 2.75) is 24.7 Å². The molecule has 0 saturated carbocycles. The molecule has 1 aromatic heterocycles. The normalized spacial score (nSPS) is 11.1. The van der Waals surface area contributed by atoms with Crippen LogP contribution in [0, 0.1) is 0 Å². The van der Waals surface area contributed by atoms with Crippen LogP contribution in [0.1, 0.15) is 24.6 Å². The highest BCUT2D eigenvalue weighted by Gasteiger charge is 2.14. The number of thioether (sulfide) groups is 1. The van der Waals surface area contributed by atoms with Crippen LogP contribution in [0.25, 0.3) is 11.8 Å². The van der Waals surface area contributed by atoms with Gasteiger partial charge >= 0.3 is 5.69 Å². The fourth-order valence-electron chi connectivity index (χ4n) is 2.87. The Labute approximate surface area is 162 Å². The maximum atomic E-state index is 13.0. The molecule has 27 heavy (non-hydrogen) atoms. The molecule has 1 heterocycles. The molecule has 3 rings (SSSR count). The van der Waals surface area contributed by atoms with Crippen molar-refractivity contribution < 1.29 is 0 Å². The Kier molecular flexibility index (Phi) is 6.49. The minimum atomic E-state index is -0.423. The van der Waals surface area contributed by atoms with Gasteiger partial charge in [-0.3, -0.25) is 4.79 Å². The molecule has 0 unspecified atom stereocenters. The standard InChI is InChI=1S/C22H22N2O2S/c1-2-10-19-20(27-16-9-13-17-11-5-3-6-12-17)21(25)24(22(26)23-19)18-14-7-4-8-15-18/h2-8,10-12,14-15H,9,13,16H2,1H3,(H,23,26)/b10-2+. The fourth-order valence-corrected chi connectivity index (χ4v) is 3.85. The molecule has 0 atom stereocenters. The van der Waals surface area contributed by atoms with E-state index < -0.39 is 5.69 Å². The van der Waals surface area contributed by atoms with Gasteiger partial charge in [-0.2, -0.15) is 0 Å². The van der Waals surface area contributed by atoms with Crippen LogP contribution in [0.15, 0.2) is 81.2 Å². The van der Waals surface area contributed by atoms with E-state index in [1.54, 1.807) is 18.2 Å². The highest BCUT2D eigenvalue weighted by atomic mass is 32.2. The second-order valence-corrected chi connectivity index (χ2v) is 7.19. The summed E-state index contributed by atoms with van der Waals surface area (Å²) in [7, 11) is 0. The molecule has 4 nitrogen and oxygen atoms in total. The minimum absolute atomic E-state index is 0.275. The Hall–Kier alpha value is -2.79. The van der Waals surface area contributed by atoms with E-state index in [1.807, 2.05) is 49.4 Å². The lowest BCUT2D eigenvalue weighted by Crippen LogP contribution is -2.35. The van der Waals surface area contributed by atoms with Gasteiger partial charge in [0.05, 0.1) is 16.3 Å². The van der Waals surface area contributed by atoms with Crippen molar-refractivity contribution in [3.63, 3.8) is 0 Å². The van der Waals surface area contributed by atoms with Crippen LogP contribution in [-0.2, 0) is 6.42 Å². The number of nitrogens with zero attached hydrogens (tertiary/aromatic N) is 1. The van der Waals surface area contributed by atoms with Crippen LogP contribution in [0.2, 0.25) is 0 Å². The summed E-state index contributed by atoms with van der Waals surface area (Å²) in [4.78, 5) is 28.9. The highest BCUT2D eigenvalue weighted by Crippen LogP contribution is 2.20. The molecule has 0 aliphatic heterocycles. The second kappa shape index (κ2) is 9.24. The van der Waals surface area contributed by atoms with Crippen molar-refractivity contribution in [1.82, 2.24) is 9.55 Å². The van der Waals surface area contributed by atoms with E-state index in [-0.39, 0.29) is 5.56 Å². The summed E-state index contributed by atoms with van der Waals surface area (Å²) < 4.78 is 1.20. The first-order valence-corrected chi connectivity index (χ1v) is 9.93. The lowest BCUT2D eigenvalue weighted by molar-refractivity contribution is 0.830. The number of hydrogen-bond acceptors (Lipinski definition) is 3. The van der Waals surface area contributed by atoms with Crippen molar-refractivity contribution in [2.24, 2.45) is 0 Å². The van der Waals surface area contributed by atoms with Crippen LogP contribution < -0.4 is 11.2 Å². The van der Waals surface area contributed by atoms with Gasteiger partial charge in [-0.1, -0.05) is 54.6 Å². The molecule has 3 aromatic rings. The Morgan fingerprint density at radius 2 is 1.67 bits per heavy atom. The van der Waals surface area contributed by atoms with Gasteiger partial charge in [-0.05, 0) is 49.3 Å². The third-order valence-electron chi connectivity index (χ3n) is 4.13. The first kappa shape index (κ1) is 19.0. The van der Waals surface area contributed by atoms with Crippen LogP contribution in [-0.4, -0.2) is 15.3 Å². The number of benzene rings is 2. The van der Waals surface area contributed by atoms with Crippen molar-refractivity contribution in [1.29, 1.82) is 0 Å². The quantitative estimate of drug-likeness (QED) is 0.493. The fraction of sp³-hybridized carbons (Fsp3) is 0.182. The third-order valence-corrected chi connectivity index (χ3v) is 5.31. The van der Waals surface area contributed by atoms with Gasteiger partial charge in [0.15, 0.2) is 0 Å². The Morgan fingerprint density at radius 3 is 2.33 bits per heavy atom. The smallest absolute Gasteiger partial charge is 0.306 e. The van der Waals surface area contributed by atoms with Gasteiger partial charge in [0.2, 0.25) is 0 Å². The zero-order valence-electron chi connectivity index (χ0n) is 15.2. The largest absolute Gasteiger partial charge is 0.333 e. The zero-order chi connectivity index (χ0) is 19.1. The molecule has 0 fully saturated rings. The first-order chi connectivity index (χ1) is 13.2. The minimum Gasteiger partial charge on any atom is -0.306 e. The van der Waals surface area contributed by atoms with E-state index in [1.165, 1.54) is 21.9 Å². The first-order valence-electron chi connectivity index (χ1n) is 8.95. The maximum Gasteiger partial charge on any atom is 0.333 e. The molecule has 0 radical (unpaired) electrons. The van der Waals surface area contributed by atoms with E-state index in [4.69, 9.17) is 0 Å². The third kappa shape index (κ3) is 4.68. The van der Waals surface area contributed by atoms with E-state index in [9.17, 15) is 9.59 Å².